The lowest BCUT2D eigenvalue weighted by Gasteiger charge is -2.26. The first-order valence-corrected chi connectivity index (χ1v) is 21.3. The maximum absolute atomic E-state index is 14.1. The number of carboxylic acids is 2. The molecule has 66 heavy (non-hydrogen) atoms. The van der Waals surface area contributed by atoms with Gasteiger partial charge in [0.25, 0.3) is 0 Å². The molecule has 0 radical (unpaired) electrons. The number of rotatable bonds is 21. The molecule has 0 spiro atoms. The van der Waals surface area contributed by atoms with Gasteiger partial charge in [0, 0.05) is 11.1 Å². The molecule has 2 N–H and O–H groups in total. The van der Waals surface area contributed by atoms with Crippen LogP contribution < -0.4 is 28.4 Å². The minimum atomic E-state index is -1.44. The first-order valence-electron chi connectivity index (χ1n) is 21.3. The average Bonchev–Trinajstić information content (AvgIpc) is 3.36. The Labute approximate surface area is 382 Å². The van der Waals surface area contributed by atoms with Gasteiger partial charge in [-0.1, -0.05) is 182 Å². The second kappa shape index (κ2) is 21.7. The molecule has 0 saturated carbocycles. The highest BCUT2D eigenvalue weighted by Gasteiger charge is 2.37. The van der Waals surface area contributed by atoms with Crippen molar-refractivity contribution in [2.24, 2.45) is 0 Å². The summed E-state index contributed by atoms with van der Waals surface area (Å²) < 4.78 is 39.5. The van der Waals surface area contributed by atoms with Gasteiger partial charge in [0.2, 0.25) is 11.5 Å². The molecular weight excluding hydrogens is 833 g/mol. The van der Waals surface area contributed by atoms with Crippen LogP contribution in [0.25, 0.3) is 11.1 Å². The third-order valence-electron chi connectivity index (χ3n) is 10.5. The zero-order valence-electron chi connectivity index (χ0n) is 35.9. The first-order chi connectivity index (χ1) is 32.4. The molecule has 0 amide bonds. The molecule has 10 nitrogen and oxygen atoms in total. The maximum atomic E-state index is 14.1. The maximum Gasteiger partial charge on any atom is 0.340 e. The summed E-state index contributed by atoms with van der Waals surface area (Å²) in [5, 5.41) is 22.8. The molecule has 330 valence electrons. The van der Waals surface area contributed by atoms with Crippen LogP contribution in [0.1, 0.15) is 54.1 Å². The lowest BCUT2D eigenvalue weighted by atomic mass is 9.91. The van der Waals surface area contributed by atoms with Crippen molar-refractivity contribution in [2.45, 2.75) is 39.6 Å². The molecule has 0 aliphatic heterocycles. The van der Waals surface area contributed by atoms with Gasteiger partial charge in [-0.15, -0.1) is 0 Å². The van der Waals surface area contributed by atoms with E-state index in [9.17, 15) is 19.8 Å². The summed E-state index contributed by atoms with van der Waals surface area (Å²) in [5.41, 5.74) is 3.69. The number of aromatic carboxylic acids is 2. The molecular formula is C56H46O10. The predicted octanol–water partition coefficient (Wildman–Crippen LogP) is 12.2. The van der Waals surface area contributed by atoms with E-state index in [1.165, 1.54) is 6.07 Å². The van der Waals surface area contributed by atoms with Gasteiger partial charge in [-0.05, 0) is 45.5 Å². The Morgan fingerprint density at radius 3 is 0.939 bits per heavy atom. The number of carbonyl (C=O) groups is 2. The minimum Gasteiger partial charge on any atom is -0.485 e. The summed E-state index contributed by atoms with van der Waals surface area (Å²) in [6, 6.07) is 59.2. The number of benzene rings is 8. The van der Waals surface area contributed by atoms with Gasteiger partial charge in [-0.3, -0.25) is 0 Å². The van der Waals surface area contributed by atoms with Crippen molar-refractivity contribution in [1.82, 2.24) is 0 Å². The lowest BCUT2D eigenvalue weighted by Crippen LogP contribution is -2.15. The molecule has 0 fully saturated rings. The Morgan fingerprint density at radius 1 is 0.303 bits per heavy atom. The predicted molar refractivity (Wildman–Crippen MR) is 250 cm³/mol. The zero-order valence-corrected chi connectivity index (χ0v) is 35.9. The lowest BCUT2D eigenvalue weighted by molar-refractivity contribution is 0.0676. The van der Waals surface area contributed by atoms with Crippen LogP contribution in [0.3, 0.4) is 0 Å². The van der Waals surface area contributed by atoms with Crippen LogP contribution in [0.15, 0.2) is 194 Å². The van der Waals surface area contributed by atoms with E-state index in [1.54, 1.807) is 6.07 Å². The van der Waals surface area contributed by atoms with Crippen LogP contribution in [0.4, 0.5) is 0 Å². The Morgan fingerprint density at radius 2 is 0.591 bits per heavy atom. The molecule has 0 unspecified atom stereocenters. The molecule has 0 aromatic heterocycles. The van der Waals surface area contributed by atoms with Crippen LogP contribution in [-0.4, -0.2) is 22.2 Å². The highest BCUT2D eigenvalue weighted by molar-refractivity contribution is 6.09. The van der Waals surface area contributed by atoms with Gasteiger partial charge >= 0.3 is 11.9 Å². The third-order valence-corrected chi connectivity index (χ3v) is 10.5. The molecule has 0 aliphatic carbocycles. The van der Waals surface area contributed by atoms with Crippen LogP contribution in [-0.2, 0) is 39.6 Å². The molecule has 8 aromatic carbocycles. The SMILES string of the molecule is O=C(O)c1c(-c2c(OCc3ccccc3)c(OCc3ccccc3)c(OCc3ccccc3)c(OCc3ccccc3)c2C(=O)O)ccc(OCc2ccccc2)c1OCc1ccccc1. The highest BCUT2D eigenvalue weighted by Crippen LogP contribution is 2.56. The van der Waals surface area contributed by atoms with E-state index < -0.39 is 17.5 Å². The van der Waals surface area contributed by atoms with E-state index in [2.05, 4.69) is 0 Å². The Bertz CT molecular complexity index is 2840. The molecule has 0 aliphatic rings. The van der Waals surface area contributed by atoms with Gasteiger partial charge in [0.05, 0.1) is 0 Å². The molecule has 8 rings (SSSR count). The standard InChI is InChI=1S/C56H46O10/c57-55(58)48-45(31-32-46(61-33-39-19-7-1-8-20-39)50(48)62-34-40-21-9-2-10-22-40)47-49(56(59)60)52(64-36-42-25-13-4-14-26-42)54(66-38-44-29-17-6-18-30-44)53(65-37-43-27-15-5-16-28-43)51(47)63-35-41-23-11-3-12-24-41/h1-32H,33-38H2,(H,57,58)(H,59,60). The summed E-state index contributed by atoms with van der Waals surface area (Å²) >= 11 is 0. The number of hydrogen-bond acceptors (Lipinski definition) is 8. The largest absolute Gasteiger partial charge is 0.485 e. The van der Waals surface area contributed by atoms with Crippen LogP contribution in [0, 0.1) is 0 Å². The van der Waals surface area contributed by atoms with E-state index in [0.29, 0.717) is 0 Å². The second-order valence-electron chi connectivity index (χ2n) is 15.1. The first kappa shape index (κ1) is 44.1. The quantitative estimate of drug-likeness (QED) is 0.0719. The van der Waals surface area contributed by atoms with Crippen LogP contribution in [0.2, 0.25) is 0 Å². The topological polar surface area (TPSA) is 130 Å². The van der Waals surface area contributed by atoms with Crippen molar-refractivity contribution in [3.05, 3.63) is 239 Å². The smallest absolute Gasteiger partial charge is 0.340 e. The Hall–Kier alpha value is -8.50. The summed E-state index contributed by atoms with van der Waals surface area (Å²) in [5.74, 6) is -3.17. The van der Waals surface area contributed by atoms with E-state index in [0.717, 1.165) is 33.4 Å². The van der Waals surface area contributed by atoms with E-state index >= 15 is 0 Å². The van der Waals surface area contributed by atoms with Gasteiger partial charge in [-0.25, -0.2) is 9.59 Å². The normalized spacial score (nSPS) is 10.7. The van der Waals surface area contributed by atoms with E-state index in [1.807, 2.05) is 182 Å². The highest BCUT2D eigenvalue weighted by atomic mass is 16.6. The second-order valence-corrected chi connectivity index (χ2v) is 15.1. The molecule has 0 saturated heterocycles. The monoisotopic (exact) mass is 878 g/mol. The van der Waals surface area contributed by atoms with Gasteiger partial charge < -0.3 is 38.6 Å². The van der Waals surface area contributed by atoms with Crippen LogP contribution >= 0.6 is 0 Å². The van der Waals surface area contributed by atoms with Crippen molar-refractivity contribution >= 4 is 11.9 Å². The van der Waals surface area contributed by atoms with Crippen molar-refractivity contribution in [3.8, 4) is 45.6 Å². The van der Waals surface area contributed by atoms with Gasteiger partial charge in [-0.2, -0.15) is 0 Å². The van der Waals surface area contributed by atoms with Crippen molar-refractivity contribution < 1.29 is 48.2 Å². The fourth-order valence-corrected chi connectivity index (χ4v) is 7.28. The van der Waals surface area contributed by atoms with Crippen molar-refractivity contribution in [3.63, 3.8) is 0 Å². The molecule has 8 aromatic rings. The minimum absolute atomic E-state index is 0.00118. The summed E-state index contributed by atoms with van der Waals surface area (Å²) in [7, 11) is 0. The van der Waals surface area contributed by atoms with E-state index in [4.69, 9.17) is 28.4 Å². The average molecular weight is 879 g/mol. The summed E-state index contributed by atoms with van der Waals surface area (Å²) in [6.07, 6.45) is 0. The zero-order chi connectivity index (χ0) is 45.5. The number of ether oxygens (including phenoxy) is 6. The fraction of sp³-hybridized carbons (Fsp3) is 0.107. The number of carboxylic acid groups (broad SMARTS) is 2. The molecule has 0 heterocycles. The Balaban J connectivity index is 1.41. The number of hydrogen-bond donors (Lipinski definition) is 2. The fourth-order valence-electron chi connectivity index (χ4n) is 7.28. The molecule has 0 bridgehead atoms. The Kier molecular flexibility index (Phi) is 14.5. The third kappa shape index (κ3) is 11.0. The van der Waals surface area contributed by atoms with E-state index in [-0.39, 0.29) is 90.8 Å². The summed E-state index contributed by atoms with van der Waals surface area (Å²) in [6.45, 7) is -0.0828. The van der Waals surface area contributed by atoms with Gasteiger partial charge in [0.15, 0.2) is 23.0 Å². The van der Waals surface area contributed by atoms with Crippen LogP contribution in [0.5, 0.6) is 34.5 Å². The van der Waals surface area contributed by atoms with Crippen molar-refractivity contribution in [1.29, 1.82) is 0 Å². The summed E-state index contributed by atoms with van der Waals surface area (Å²) in [4.78, 5) is 28.1. The van der Waals surface area contributed by atoms with Crippen molar-refractivity contribution in [2.75, 3.05) is 0 Å². The van der Waals surface area contributed by atoms with Gasteiger partial charge in [0.1, 0.15) is 50.8 Å². The molecule has 10 heteroatoms. The molecule has 0 atom stereocenters.